The highest BCUT2D eigenvalue weighted by Crippen LogP contribution is 2.19. The first-order valence-electron chi connectivity index (χ1n) is 3.70. The summed E-state index contributed by atoms with van der Waals surface area (Å²) in [5.41, 5.74) is 2.23. The van der Waals surface area contributed by atoms with Gasteiger partial charge in [0.2, 0.25) is 5.82 Å². The molecule has 0 radical (unpaired) electrons. The van der Waals surface area contributed by atoms with Crippen LogP contribution in [-0.2, 0) is 0 Å². The number of nitrogens with zero attached hydrogens (tertiary/aromatic N) is 5. The monoisotopic (exact) mass is 172 g/mol. The molecule has 6 heteroatoms. The molecule has 6 nitrogen and oxygen atoms in total. The van der Waals surface area contributed by atoms with Gasteiger partial charge in [-0.25, -0.2) is 15.0 Å². The van der Waals surface area contributed by atoms with Crippen LogP contribution < -0.4 is 0 Å². The van der Waals surface area contributed by atoms with Crippen molar-refractivity contribution in [3.63, 3.8) is 0 Å². The molecule has 0 saturated heterocycles. The number of aromatic amines is 1. The second kappa shape index (κ2) is 2.19. The third-order valence-electron chi connectivity index (χ3n) is 1.81. The Balaban J connectivity index is 2.58. The summed E-state index contributed by atoms with van der Waals surface area (Å²) in [5.74, 6) is 0.516. The molecule has 0 spiro atoms. The number of rotatable bonds is 0. The maximum atomic E-state index is 4.12. The minimum atomic E-state index is 0.516. The van der Waals surface area contributed by atoms with Crippen LogP contribution in [-0.4, -0.2) is 30.1 Å². The fourth-order valence-electron chi connectivity index (χ4n) is 1.23. The summed E-state index contributed by atoms with van der Waals surface area (Å²) in [7, 11) is 0. The highest BCUT2D eigenvalue weighted by molar-refractivity contribution is 5.86. The van der Waals surface area contributed by atoms with Gasteiger partial charge >= 0.3 is 0 Å². The maximum absolute atomic E-state index is 4.12. The molecule has 0 saturated carbocycles. The van der Waals surface area contributed by atoms with Crippen molar-refractivity contribution in [2.45, 2.75) is 0 Å². The summed E-state index contributed by atoms with van der Waals surface area (Å²) in [6, 6.07) is 0. The van der Waals surface area contributed by atoms with Crippen molar-refractivity contribution in [2.24, 2.45) is 0 Å². The summed E-state index contributed by atoms with van der Waals surface area (Å²) in [6.07, 6.45) is 4.65. The Morgan fingerprint density at radius 1 is 1.15 bits per heavy atom. The summed E-state index contributed by atoms with van der Waals surface area (Å²) >= 11 is 0. The van der Waals surface area contributed by atoms with Gasteiger partial charge in [0.05, 0.1) is 18.0 Å². The molecule has 0 amide bonds. The number of H-pyrrole nitrogens is 1. The highest BCUT2D eigenvalue weighted by atomic mass is 15.2. The molecule has 0 atom stereocenters. The van der Waals surface area contributed by atoms with Gasteiger partial charge in [0, 0.05) is 0 Å². The normalized spacial score (nSPS) is 11.1. The number of aromatic nitrogens is 6. The first-order chi connectivity index (χ1) is 6.45. The molecule has 0 bridgehead atoms. The van der Waals surface area contributed by atoms with Crippen LogP contribution in [0.5, 0.6) is 0 Å². The summed E-state index contributed by atoms with van der Waals surface area (Å²) in [4.78, 5) is 15.1. The number of hydrogen-bond acceptors (Lipinski definition) is 5. The van der Waals surface area contributed by atoms with Gasteiger partial charge in [-0.15, -0.1) is 5.10 Å². The van der Waals surface area contributed by atoms with E-state index in [9.17, 15) is 0 Å². The smallest absolute Gasteiger partial charge is 0.204 e. The lowest BCUT2D eigenvalue weighted by molar-refractivity contribution is 1.03. The maximum Gasteiger partial charge on any atom is 0.204 e. The lowest BCUT2D eigenvalue weighted by Gasteiger charge is -1.83. The lowest BCUT2D eigenvalue weighted by atomic mass is 10.3. The summed E-state index contributed by atoms with van der Waals surface area (Å²) in [5, 5.41) is 7.69. The zero-order valence-corrected chi connectivity index (χ0v) is 6.47. The molecule has 0 aliphatic carbocycles. The molecule has 2 aliphatic rings. The average molecular weight is 172 g/mol. The quantitative estimate of drug-likeness (QED) is 0.525. The Morgan fingerprint density at radius 2 is 2.15 bits per heavy atom. The molecule has 0 unspecified atom stereocenters. The van der Waals surface area contributed by atoms with E-state index < -0.39 is 0 Å². The second-order valence-corrected chi connectivity index (χ2v) is 2.56. The minimum Gasteiger partial charge on any atom is -0.343 e. The Morgan fingerprint density at radius 3 is 3.15 bits per heavy atom. The number of nitrogens with one attached hydrogen (secondary N) is 1. The van der Waals surface area contributed by atoms with Crippen molar-refractivity contribution in [1.29, 1.82) is 0 Å². The highest BCUT2D eigenvalue weighted by Gasteiger charge is 2.11. The standard InChI is InChI=1S/C7H4N6/c1-4-5(9-2-8-4)6-7(13-12-1)11-3-10-6/h1-3H,(H,8,9). The van der Waals surface area contributed by atoms with Gasteiger partial charge < -0.3 is 4.98 Å². The topological polar surface area (TPSA) is 80.2 Å². The third-order valence-corrected chi connectivity index (χ3v) is 1.81. The molecular formula is C7H4N6. The Bertz CT molecular complexity index is 529. The number of imidazole rings is 2. The second-order valence-electron chi connectivity index (χ2n) is 2.56. The van der Waals surface area contributed by atoms with Gasteiger partial charge in [-0.2, -0.15) is 5.10 Å². The molecule has 13 heavy (non-hydrogen) atoms. The average Bonchev–Trinajstić information content (AvgIpc) is 2.72. The molecule has 62 valence electrons. The van der Waals surface area contributed by atoms with E-state index in [1.165, 1.54) is 6.33 Å². The largest absolute Gasteiger partial charge is 0.343 e. The third kappa shape index (κ3) is 0.792. The van der Waals surface area contributed by atoms with Crippen molar-refractivity contribution in [2.75, 3.05) is 0 Å². The van der Waals surface area contributed by atoms with Crippen LogP contribution in [0.1, 0.15) is 0 Å². The van der Waals surface area contributed by atoms with Crippen LogP contribution >= 0.6 is 0 Å². The molecule has 0 aromatic carbocycles. The Hall–Kier alpha value is -2.11. The SMILES string of the molecule is c1nc2nncc3[nH]cnc3c-2n1. The molecule has 2 aliphatic heterocycles. The van der Waals surface area contributed by atoms with E-state index in [-0.39, 0.29) is 0 Å². The number of hydrogen-bond donors (Lipinski definition) is 1. The van der Waals surface area contributed by atoms with Gasteiger partial charge in [-0.1, -0.05) is 0 Å². The summed E-state index contributed by atoms with van der Waals surface area (Å²) in [6.45, 7) is 0. The molecule has 0 fully saturated rings. The zero-order chi connectivity index (χ0) is 8.67. The van der Waals surface area contributed by atoms with Crippen molar-refractivity contribution in [1.82, 2.24) is 30.1 Å². The van der Waals surface area contributed by atoms with Crippen LogP contribution in [0.15, 0.2) is 18.9 Å². The molecule has 3 heterocycles. The first-order valence-corrected chi connectivity index (χ1v) is 3.70. The fourth-order valence-corrected chi connectivity index (χ4v) is 1.23. The van der Waals surface area contributed by atoms with E-state index in [4.69, 9.17) is 0 Å². The van der Waals surface area contributed by atoms with E-state index in [2.05, 4.69) is 30.1 Å². The van der Waals surface area contributed by atoms with E-state index in [0.29, 0.717) is 11.5 Å². The fraction of sp³-hybridized carbons (Fsp3) is 0. The zero-order valence-electron chi connectivity index (χ0n) is 6.47. The van der Waals surface area contributed by atoms with Gasteiger partial charge in [-0.05, 0) is 0 Å². The Labute approximate surface area is 72.4 Å². The molecule has 1 aromatic heterocycles. The van der Waals surface area contributed by atoms with Crippen LogP contribution in [0.25, 0.3) is 22.6 Å². The van der Waals surface area contributed by atoms with Crippen LogP contribution in [0.2, 0.25) is 0 Å². The predicted molar refractivity (Wildman–Crippen MR) is 43.9 cm³/mol. The van der Waals surface area contributed by atoms with Crippen LogP contribution in [0.4, 0.5) is 0 Å². The van der Waals surface area contributed by atoms with E-state index in [0.717, 1.165) is 11.0 Å². The predicted octanol–water partition coefficient (Wildman–Crippen LogP) is 0.248. The van der Waals surface area contributed by atoms with E-state index in [1.807, 2.05) is 0 Å². The summed E-state index contributed by atoms with van der Waals surface area (Å²) < 4.78 is 0. The van der Waals surface area contributed by atoms with Gasteiger partial charge in [0.25, 0.3) is 0 Å². The van der Waals surface area contributed by atoms with Gasteiger partial charge in [-0.3, -0.25) is 0 Å². The lowest BCUT2D eigenvalue weighted by Crippen LogP contribution is -1.80. The van der Waals surface area contributed by atoms with Crippen LogP contribution in [0, 0.1) is 0 Å². The van der Waals surface area contributed by atoms with E-state index in [1.54, 1.807) is 12.5 Å². The van der Waals surface area contributed by atoms with Crippen molar-refractivity contribution < 1.29 is 0 Å². The Kier molecular flexibility index (Phi) is 1.08. The van der Waals surface area contributed by atoms with Gasteiger partial charge in [0.15, 0.2) is 0 Å². The molecule has 3 rings (SSSR count). The van der Waals surface area contributed by atoms with Gasteiger partial charge in [0.1, 0.15) is 17.5 Å². The minimum absolute atomic E-state index is 0.516. The van der Waals surface area contributed by atoms with Crippen molar-refractivity contribution in [3.05, 3.63) is 18.9 Å². The molecule has 1 aromatic rings. The molecule has 1 N–H and O–H groups in total. The van der Waals surface area contributed by atoms with Crippen molar-refractivity contribution >= 4 is 11.0 Å². The number of fused-ring (bicyclic) bond motifs is 3. The van der Waals surface area contributed by atoms with Crippen molar-refractivity contribution in [3.8, 4) is 11.5 Å². The van der Waals surface area contributed by atoms with Crippen LogP contribution in [0.3, 0.4) is 0 Å². The molecular weight excluding hydrogens is 168 g/mol. The first kappa shape index (κ1) is 6.41. The van der Waals surface area contributed by atoms with E-state index >= 15 is 0 Å².